The fourth-order valence-corrected chi connectivity index (χ4v) is 2.14. The van der Waals surface area contributed by atoms with E-state index in [1.165, 1.54) is 25.7 Å². The van der Waals surface area contributed by atoms with E-state index in [1.54, 1.807) is 0 Å². The van der Waals surface area contributed by atoms with Crippen molar-refractivity contribution in [1.82, 2.24) is 10.3 Å². The van der Waals surface area contributed by atoms with Gasteiger partial charge in [0.25, 0.3) is 0 Å². The van der Waals surface area contributed by atoms with Gasteiger partial charge in [0.05, 0.1) is 6.61 Å². The topological polar surface area (TPSA) is 34.1 Å². The van der Waals surface area contributed by atoms with Crippen molar-refractivity contribution in [3.05, 3.63) is 23.9 Å². The third-order valence-electron chi connectivity index (χ3n) is 3.66. The summed E-state index contributed by atoms with van der Waals surface area (Å²) >= 11 is 0. The fourth-order valence-electron chi connectivity index (χ4n) is 2.14. The first-order valence-corrected chi connectivity index (χ1v) is 8.28. The van der Waals surface area contributed by atoms with Gasteiger partial charge in [-0.1, -0.05) is 39.2 Å². The SMILES string of the molecule is CCCCC(CC)COc1ncccc1CNC(C)(C)C. The van der Waals surface area contributed by atoms with E-state index in [9.17, 15) is 0 Å². The molecule has 120 valence electrons. The van der Waals surface area contributed by atoms with Crippen LogP contribution in [0.3, 0.4) is 0 Å². The number of rotatable bonds is 9. The standard InChI is InChI=1S/C18H32N2O/c1-6-8-10-15(7-2)14-21-17-16(11-9-12-19-17)13-20-18(3,4)5/h9,11-12,15,20H,6-8,10,13-14H2,1-5H3. The average Bonchev–Trinajstić information content (AvgIpc) is 2.45. The summed E-state index contributed by atoms with van der Waals surface area (Å²) in [6, 6.07) is 4.06. The Bertz CT molecular complexity index is 398. The Hall–Kier alpha value is -1.09. The summed E-state index contributed by atoms with van der Waals surface area (Å²) in [5.41, 5.74) is 1.23. The minimum Gasteiger partial charge on any atom is -0.477 e. The molecule has 0 aliphatic heterocycles. The van der Waals surface area contributed by atoms with Gasteiger partial charge in [0.1, 0.15) is 0 Å². The summed E-state index contributed by atoms with van der Waals surface area (Å²) in [6.45, 7) is 12.5. The summed E-state index contributed by atoms with van der Waals surface area (Å²) < 4.78 is 6.00. The Balaban J connectivity index is 2.57. The lowest BCUT2D eigenvalue weighted by Gasteiger charge is -2.22. The zero-order chi connectivity index (χ0) is 15.7. The zero-order valence-corrected chi connectivity index (χ0v) is 14.4. The Morgan fingerprint density at radius 3 is 2.67 bits per heavy atom. The highest BCUT2D eigenvalue weighted by Crippen LogP contribution is 2.19. The van der Waals surface area contributed by atoms with Gasteiger partial charge in [0, 0.05) is 23.8 Å². The van der Waals surface area contributed by atoms with E-state index in [0.717, 1.165) is 24.6 Å². The van der Waals surface area contributed by atoms with Gasteiger partial charge in [-0.3, -0.25) is 0 Å². The number of ether oxygens (including phenoxy) is 1. The molecule has 0 bridgehead atoms. The molecule has 0 saturated carbocycles. The molecule has 1 aromatic heterocycles. The van der Waals surface area contributed by atoms with Gasteiger partial charge in [-0.05, 0) is 39.2 Å². The van der Waals surface area contributed by atoms with Crippen LogP contribution in [0.4, 0.5) is 0 Å². The number of pyridine rings is 1. The van der Waals surface area contributed by atoms with Crippen molar-refractivity contribution < 1.29 is 4.74 Å². The van der Waals surface area contributed by atoms with Crippen molar-refractivity contribution in [2.24, 2.45) is 5.92 Å². The summed E-state index contributed by atoms with van der Waals surface area (Å²) in [6.07, 6.45) is 6.75. The maximum Gasteiger partial charge on any atom is 0.217 e. The minimum atomic E-state index is 0.0974. The second-order valence-corrected chi connectivity index (χ2v) is 6.80. The fraction of sp³-hybridized carbons (Fsp3) is 0.722. The lowest BCUT2D eigenvalue weighted by molar-refractivity contribution is 0.223. The van der Waals surface area contributed by atoms with E-state index in [4.69, 9.17) is 4.74 Å². The van der Waals surface area contributed by atoms with Crippen LogP contribution in [-0.4, -0.2) is 17.1 Å². The molecule has 0 saturated heterocycles. The van der Waals surface area contributed by atoms with Gasteiger partial charge in [-0.2, -0.15) is 0 Å². The van der Waals surface area contributed by atoms with Crippen LogP contribution in [0.15, 0.2) is 18.3 Å². The molecular formula is C18H32N2O. The summed E-state index contributed by atoms with van der Waals surface area (Å²) in [5, 5.41) is 3.49. The number of aromatic nitrogens is 1. The Morgan fingerprint density at radius 2 is 2.05 bits per heavy atom. The zero-order valence-electron chi connectivity index (χ0n) is 14.4. The van der Waals surface area contributed by atoms with Gasteiger partial charge in [0.2, 0.25) is 5.88 Å². The van der Waals surface area contributed by atoms with E-state index in [2.05, 4.69) is 51.0 Å². The number of nitrogens with zero attached hydrogens (tertiary/aromatic N) is 1. The molecule has 1 rings (SSSR count). The number of nitrogens with one attached hydrogen (secondary N) is 1. The molecule has 0 aromatic carbocycles. The van der Waals surface area contributed by atoms with E-state index in [-0.39, 0.29) is 5.54 Å². The third-order valence-corrected chi connectivity index (χ3v) is 3.66. The first-order chi connectivity index (χ1) is 9.96. The normalized spacial score (nSPS) is 13.2. The molecule has 1 aromatic rings. The lowest BCUT2D eigenvalue weighted by atomic mass is 10.0. The van der Waals surface area contributed by atoms with Crippen LogP contribution in [0.5, 0.6) is 5.88 Å². The van der Waals surface area contributed by atoms with Crippen molar-refractivity contribution in [2.45, 2.75) is 72.4 Å². The van der Waals surface area contributed by atoms with Gasteiger partial charge in [0.15, 0.2) is 0 Å². The Labute approximate surface area is 130 Å². The first kappa shape index (κ1) is 18.0. The first-order valence-electron chi connectivity index (χ1n) is 8.28. The minimum absolute atomic E-state index is 0.0974. The molecule has 3 heteroatoms. The number of hydrogen-bond donors (Lipinski definition) is 1. The largest absolute Gasteiger partial charge is 0.477 e. The lowest BCUT2D eigenvalue weighted by Crippen LogP contribution is -2.35. The predicted octanol–water partition coefficient (Wildman–Crippen LogP) is 4.56. The van der Waals surface area contributed by atoms with E-state index < -0.39 is 0 Å². The van der Waals surface area contributed by atoms with Crippen molar-refractivity contribution >= 4 is 0 Å². The van der Waals surface area contributed by atoms with E-state index in [0.29, 0.717) is 5.92 Å². The second-order valence-electron chi connectivity index (χ2n) is 6.80. The van der Waals surface area contributed by atoms with Gasteiger partial charge in [-0.15, -0.1) is 0 Å². The van der Waals surface area contributed by atoms with Crippen LogP contribution < -0.4 is 10.1 Å². The average molecular weight is 292 g/mol. The molecule has 1 atom stereocenters. The molecule has 1 unspecified atom stereocenters. The molecule has 21 heavy (non-hydrogen) atoms. The molecule has 1 heterocycles. The monoisotopic (exact) mass is 292 g/mol. The van der Waals surface area contributed by atoms with Gasteiger partial charge < -0.3 is 10.1 Å². The Morgan fingerprint density at radius 1 is 1.29 bits per heavy atom. The van der Waals surface area contributed by atoms with Crippen LogP contribution >= 0.6 is 0 Å². The quantitative estimate of drug-likeness (QED) is 0.724. The van der Waals surface area contributed by atoms with Crippen LogP contribution in [0, 0.1) is 5.92 Å². The van der Waals surface area contributed by atoms with Gasteiger partial charge >= 0.3 is 0 Å². The highest BCUT2D eigenvalue weighted by atomic mass is 16.5. The van der Waals surface area contributed by atoms with E-state index in [1.807, 2.05) is 12.3 Å². The van der Waals surface area contributed by atoms with Crippen molar-refractivity contribution in [3.63, 3.8) is 0 Å². The van der Waals surface area contributed by atoms with Crippen LogP contribution in [0.2, 0.25) is 0 Å². The molecule has 0 fully saturated rings. The molecule has 0 radical (unpaired) electrons. The molecule has 0 spiro atoms. The van der Waals surface area contributed by atoms with Crippen LogP contribution in [0.1, 0.15) is 65.9 Å². The highest BCUT2D eigenvalue weighted by molar-refractivity contribution is 5.25. The molecule has 1 N–H and O–H groups in total. The molecule has 3 nitrogen and oxygen atoms in total. The predicted molar refractivity (Wildman–Crippen MR) is 89.6 cm³/mol. The van der Waals surface area contributed by atoms with Crippen LogP contribution in [-0.2, 0) is 6.54 Å². The smallest absolute Gasteiger partial charge is 0.217 e. The third kappa shape index (κ3) is 7.47. The van der Waals surface area contributed by atoms with Crippen molar-refractivity contribution in [3.8, 4) is 5.88 Å². The molecular weight excluding hydrogens is 260 g/mol. The van der Waals surface area contributed by atoms with Crippen molar-refractivity contribution in [1.29, 1.82) is 0 Å². The number of hydrogen-bond acceptors (Lipinski definition) is 3. The van der Waals surface area contributed by atoms with Gasteiger partial charge in [-0.25, -0.2) is 4.98 Å². The van der Waals surface area contributed by atoms with Crippen LogP contribution in [0.25, 0.3) is 0 Å². The molecule has 0 aliphatic carbocycles. The Kier molecular flexibility index (Phi) is 7.73. The maximum atomic E-state index is 6.00. The highest BCUT2D eigenvalue weighted by Gasteiger charge is 2.13. The summed E-state index contributed by atoms with van der Waals surface area (Å²) in [5.74, 6) is 1.42. The molecule has 0 amide bonds. The maximum absolute atomic E-state index is 6.00. The van der Waals surface area contributed by atoms with Crippen molar-refractivity contribution in [2.75, 3.05) is 6.61 Å². The molecule has 0 aliphatic rings. The summed E-state index contributed by atoms with van der Waals surface area (Å²) in [4.78, 5) is 4.40. The number of unbranched alkanes of at least 4 members (excludes halogenated alkanes) is 1. The second kappa shape index (κ2) is 9.04. The van der Waals surface area contributed by atoms with E-state index >= 15 is 0 Å². The summed E-state index contributed by atoms with van der Waals surface area (Å²) in [7, 11) is 0.